The maximum Gasteiger partial charge on any atom is 0.116 e. The van der Waals surface area contributed by atoms with Gasteiger partial charge in [-0.2, -0.15) is 0 Å². The van der Waals surface area contributed by atoms with E-state index in [-0.39, 0.29) is 0 Å². The van der Waals surface area contributed by atoms with E-state index in [1.54, 1.807) is 0 Å². The fraction of sp³-hybridized carbons (Fsp3) is 0.900. The Morgan fingerprint density at radius 2 is 2.08 bits per heavy atom. The first-order valence-corrected chi connectivity index (χ1v) is 5.04. The highest BCUT2D eigenvalue weighted by Gasteiger charge is 1.96. The van der Waals surface area contributed by atoms with E-state index in [0.29, 0.717) is 0 Å². The lowest BCUT2D eigenvalue weighted by molar-refractivity contribution is 0.144. The molecule has 0 atom stereocenters. The van der Waals surface area contributed by atoms with Gasteiger partial charge in [-0.1, -0.05) is 19.0 Å². The van der Waals surface area contributed by atoms with Gasteiger partial charge < -0.3 is 9.74 Å². The fourth-order valence-corrected chi connectivity index (χ4v) is 0.804. The van der Waals surface area contributed by atoms with Gasteiger partial charge in [-0.05, 0) is 26.9 Å². The Kier molecular flexibility index (Phi) is 7.69. The second-order valence-electron chi connectivity index (χ2n) is 3.31. The average Bonchev–Trinajstić information content (AvgIpc) is 2.14. The Balaban J connectivity index is 3.48. The molecule has 0 aliphatic carbocycles. The van der Waals surface area contributed by atoms with Crippen molar-refractivity contribution in [1.29, 1.82) is 0 Å². The highest BCUT2D eigenvalue weighted by molar-refractivity contribution is 5.81. The molecule has 0 radical (unpaired) electrons. The van der Waals surface area contributed by atoms with Gasteiger partial charge in [0.2, 0.25) is 0 Å². The van der Waals surface area contributed by atoms with Crippen molar-refractivity contribution in [3.05, 3.63) is 0 Å². The molecule has 0 saturated heterocycles. The third-order valence-electron chi connectivity index (χ3n) is 1.91. The molecule has 0 unspecified atom stereocenters. The molecule has 3 nitrogen and oxygen atoms in total. The van der Waals surface area contributed by atoms with Gasteiger partial charge in [0.05, 0.1) is 5.71 Å². The number of hydrogen-bond donors (Lipinski definition) is 0. The van der Waals surface area contributed by atoms with Crippen LogP contribution in [0.25, 0.3) is 0 Å². The van der Waals surface area contributed by atoms with Crippen LogP contribution < -0.4 is 0 Å². The molecule has 0 saturated carbocycles. The van der Waals surface area contributed by atoms with Crippen molar-refractivity contribution in [1.82, 2.24) is 4.90 Å². The molecule has 0 N–H and O–H groups in total. The maximum absolute atomic E-state index is 5.08. The van der Waals surface area contributed by atoms with Crippen molar-refractivity contribution in [2.75, 3.05) is 26.7 Å². The Bertz CT molecular complexity index is 146. The van der Waals surface area contributed by atoms with Crippen LogP contribution in [-0.4, -0.2) is 37.4 Å². The molecular formula is C10H22N2O. The molecule has 0 rings (SSSR count). The SMILES string of the molecule is CCCON=C(C)CCN(C)CC. The summed E-state index contributed by atoms with van der Waals surface area (Å²) in [6, 6.07) is 0. The predicted octanol–water partition coefficient (Wildman–Crippen LogP) is 2.13. The second-order valence-corrected chi connectivity index (χ2v) is 3.31. The van der Waals surface area contributed by atoms with E-state index >= 15 is 0 Å². The van der Waals surface area contributed by atoms with E-state index in [1.807, 2.05) is 6.92 Å². The van der Waals surface area contributed by atoms with Gasteiger partial charge in [0.25, 0.3) is 0 Å². The summed E-state index contributed by atoms with van der Waals surface area (Å²) in [6.45, 7) is 9.11. The van der Waals surface area contributed by atoms with Crippen LogP contribution in [0.3, 0.4) is 0 Å². The summed E-state index contributed by atoms with van der Waals surface area (Å²) in [5.74, 6) is 0. The molecule has 0 amide bonds. The van der Waals surface area contributed by atoms with Crippen molar-refractivity contribution in [2.24, 2.45) is 5.16 Å². The standard InChI is InChI=1S/C10H22N2O/c1-5-9-13-11-10(3)7-8-12(4)6-2/h5-9H2,1-4H3. The van der Waals surface area contributed by atoms with E-state index in [4.69, 9.17) is 4.84 Å². The topological polar surface area (TPSA) is 24.8 Å². The summed E-state index contributed by atoms with van der Waals surface area (Å²) >= 11 is 0. The molecule has 0 aliphatic heterocycles. The first-order valence-electron chi connectivity index (χ1n) is 5.04. The minimum Gasteiger partial charge on any atom is -0.396 e. The van der Waals surface area contributed by atoms with Crippen LogP contribution in [0.1, 0.15) is 33.6 Å². The van der Waals surface area contributed by atoms with Gasteiger partial charge in [-0.25, -0.2) is 0 Å². The number of nitrogens with zero attached hydrogens (tertiary/aromatic N) is 2. The predicted molar refractivity (Wildman–Crippen MR) is 57.1 cm³/mol. The molecule has 13 heavy (non-hydrogen) atoms. The molecule has 0 fully saturated rings. The molecule has 78 valence electrons. The summed E-state index contributed by atoms with van der Waals surface area (Å²) in [7, 11) is 2.11. The summed E-state index contributed by atoms with van der Waals surface area (Å²) in [5, 5.41) is 4.01. The zero-order chi connectivity index (χ0) is 10.1. The summed E-state index contributed by atoms with van der Waals surface area (Å²) in [6.07, 6.45) is 2.01. The first-order chi connectivity index (χ1) is 6.20. The van der Waals surface area contributed by atoms with Gasteiger partial charge in [0.15, 0.2) is 0 Å². The van der Waals surface area contributed by atoms with Crippen LogP contribution >= 0.6 is 0 Å². The van der Waals surface area contributed by atoms with Gasteiger partial charge in [-0.3, -0.25) is 0 Å². The maximum atomic E-state index is 5.08. The van der Waals surface area contributed by atoms with Crippen LogP contribution in [0.15, 0.2) is 5.16 Å². The van der Waals surface area contributed by atoms with Crippen molar-refractivity contribution < 1.29 is 4.84 Å². The summed E-state index contributed by atoms with van der Waals surface area (Å²) < 4.78 is 0. The zero-order valence-corrected chi connectivity index (χ0v) is 9.34. The Hall–Kier alpha value is -0.570. The highest BCUT2D eigenvalue weighted by atomic mass is 16.6. The Morgan fingerprint density at radius 3 is 2.62 bits per heavy atom. The third-order valence-corrected chi connectivity index (χ3v) is 1.91. The molecule has 0 heterocycles. The molecule has 3 heteroatoms. The Labute approximate surface area is 81.7 Å². The van der Waals surface area contributed by atoms with Crippen LogP contribution in [0.5, 0.6) is 0 Å². The second kappa shape index (κ2) is 8.05. The lowest BCUT2D eigenvalue weighted by atomic mass is 10.3. The quantitative estimate of drug-likeness (QED) is 0.346. The highest BCUT2D eigenvalue weighted by Crippen LogP contribution is 1.92. The van der Waals surface area contributed by atoms with Crippen LogP contribution in [0.4, 0.5) is 0 Å². The number of oxime groups is 1. The summed E-state index contributed by atoms with van der Waals surface area (Å²) in [5.41, 5.74) is 1.08. The molecule has 0 aromatic rings. The largest absolute Gasteiger partial charge is 0.396 e. The van der Waals surface area contributed by atoms with Gasteiger partial charge in [0, 0.05) is 13.0 Å². The fourth-order valence-electron chi connectivity index (χ4n) is 0.804. The van der Waals surface area contributed by atoms with Crippen molar-refractivity contribution >= 4 is 5.71 Å². The molecule has 0 spiro atoms. The smallest absolute Gasteiger partial charge is 0.116 e. The molecule has 0 bridgehead atoms. The van der Waals surface area contributed by atoms with Gasteiger partial charge in [0.1, 0.15) is 6.61 Å². The van der Waals surface area contributed by atoms with Gasteiger partial charge in [-0.15, -0.1) is 0 Å². The van der Waals surface area contributed by atoms with Gasteiger partial charge >= 0.3 is 0 Å². The van der Waals surface area contributed by atoms with Crippen LogP contribution in [0.2, 0.25) is 0 Å². The molecule has 0 aromatic carbocycles. The number of hydrogen-bond acceptors (Lipinski definition) is 3. The van der Waals surface area contributed by atoms with E-state index < -0.39 is 0 Å². The zero-order valence-electron chi connectivity index (χ0n) is 9.34. The van der Waals surface area contributed by atoms with Crippen molar-refractivity contribution in [2.45, 2.75) is 33.6 Å². The van der Waals surface area contributed by atoms with E-state index in [1.165, 1.54) is 0 Å². The van der Waals surface area contributed by atoms with E-state index in [9.17, 15) is 0 Å². The van der Waals surface area contributed by atoms with Crippen molar-refractivity contribution in [3.8, 4) is 0 Å². The minimum absolute atomic E-state index is 0.723. The lowest BCUT2D eigenvalue weighted by Gasteiger charge is -2.12. The minimum atomic E-state index is 0.723. The van der Waals surface area contributed by atoms with Crippen LogP contribution in [-0.2, 0) is 4.84 Å². The molecular weight excluding hydrogens is 164 g/mol. The van der Waals surface area contributed by atoms with Crippen molar-refractivity contribution in [3.63, 3.8) is 0 Å². The number of rotatable bonds is 7. The Morgan fingerprint density at radius 1 is 1.38 bits per heavy atom. The van der Waals surface area contributed by atoms with Crippen LogP contribution in [0, 0.1) is 0 Å². The normalized spacial score (nSPS) is 12.2. The molecule has 0 aliphatic rings. The lowest BCUT2D eigenvalue weighted by Crippen LogP contribution is -2.20. The van der Waals surface area contributed by atoms with E-state index in [2.05, 4.69) is 31.0 Å². The first kappa shape index (κ1) is 12.4. The molecule has 0 aromatic heterocycles. The average molecular weight is 186 g/mol. The third kappa shape index (κ3) is 7.78. The van der Waals surface area contributed by atoms with E-state index in [0.717, 1.165) is 38.2 Å². The summed E-state index contributed by atoms with van der Waals surface area (Å²) in [4.78, 5) is 7.34. The monoisotopic (exact) mass is 186 g/mol.